The van der Waals surface area contributed by atoms with Crippen molar-refractivity contribution in [3.8, 4) is 0 Å². The molecule has 2 aromatic rings. The van der Waals surface area contributed by atoms with Crippen molar-refractivity contribution in [2.45, 2.75) is 58.5 Å². The van der Waals surface area contributed by atoms with Crippen molar-refractivity contribution >= 4 is 15.7 Å². The number of hydrogen-bond donors (Lipinski definition) is 1. The van der Waals surface area contributed by atoms with E-state index in [0.29, 0.717) is 31.3 Å². The van der Waals surface area contributed by atoms with Gasteiger partial charge in [0.25, 0.3) is 5.56 Å². The summed E-state index contributed by atoms with van der Waals surface area (Å²) in [6.07, 6.45) is 2.51. The second-order valence-corrected chi connectivity index (χ2v) is 10.4. The molecule has 0 aromatic carbocycles. The molecule has 1 fully saturated rings. The number of rotatable bonds is 4. The van der Waals surface area contributed by atoms with Gasteiger partial charge in [-0.1, -0.05) is 0 Å². The van der Waals surface area contributed by atoms with E-state index in [2.05, 4.69) is 23.8 Å². The van der Waals surface area contributed by atoms with Crippen LogP contribution in [0.5, 0.6) is 0 Å². The number of piperidine rings is 1. The van der Waals surface area contributed by atoms with Crippen molar-refractivity contribution in [1.82, 2.24) is 23.8 Å². The zero-order valence-electron chi connectivity index (χ0n) is 16.8. The topological polar surface area (TPSA) is 90.8 Å². The highest BCUT2D eigenvalue weighted by atomic mass is 32.2. The van der Waals surface area contributed by atoms with E-state index in [1.54, 1.807) is 11.2 Å². The molecule has 0 spiro atoms. The fourth-order valence-electron chi connectivity index (χ4n) is 4.30. The summed E-state index contributed by atoms with van der Waals surface area (Å²) < 4.78 is 27.6. The molecular formula is C19H29N5O3S. The van der Waals surface area contributed by atoms with Gasteiger partial charge in [0.05, 0.1) is 17.0 Å². The highest BCUT2D eigenvalue weighted by Crippen LogP contribution is 2.28. The molecule has 1 saturated heterocycles. The van der Waals surface area contributed by atoms with Crippen LogP contribution in [0.15, 0.2) is 10.9 Å². The Morgan fingerprint density at radius 1 is 1.32 bits per heavy atom. The van der Waals surface area contributed by atoms with Gasteiger partial charge >= 0.3 is 0 Å². The van der Waals surface area contributed by atoms with Crippen molar-refractivity contribution in [3.05, 3.63) is 33.4 Å². The van der Waals surface area contributed by atoms with Gasteiger partial charge in [0.1, 0.15) is 0 Å². The lowest BCUT2D eigenvalue weighted by atomic mass is 9.96. The minimum absolute atomic E-state index is 0.0366. The lowest BCUT2D eigenvalue weighted by Gasteiger charge is -2.31. The maximum absolute atomic E-state index is 13.1. The maximum Gasteiger partial charge on any atom is 0.277 e. The van der Waals surface area contributed by atoms with E-state index in [1.165, 1.54) is 4.52 Å². The van der Waals surface area contributed by atoms with Gasteiger partial charge in [-0.3, -0.25) is 14.8 Å². The van der Waals surface area contributed by atoms with E-state index in [9.17, 15) is 13.2 Å². The van der Waals surface area contributed by atoms with Crippen molar-refractivity contribution in [2.75, 3.05) is 25.4 Å². The summed E-state index contributed by atoms with van der Waals surface area (Å²) >= 11 is 0. The van der Waals surface area contributed by atoms with Crippen LogP contribution in [0.2, 0.25) is 0 Å². The summed E-state index contributed by atoms with van der Waals surface area (Å²) in [4.78, 5) is 20.1. The summed E-state index contributed by atoms with van der Waals surface area (Å²) in [6, 6.07) is 2.31. The van der Waals surface area contributed by atoms with Gasteiger partial charge in [0.15, 0.2) is 5.65 Å². The molecule has 8 nitrogen and oxygen atoms in total. The zero-order chi connectivity index (χ0) is 20.1. The first-order chi connectivity index (χ1) is 13.3. The van der Waals surface area contributed by atoms with Gasteiger partial charge in [0, 0.05) is 56.3 Å². The van der Waals surface area contributed by atoms with Gasteiger partial charge in [0.2, 0.25) is 10.0 Å². The van der Waals surface area contributed by atoms with Gasteiger partial charge in [-0.05, 0) is 33.6 Å². The molecule has 0 unspecified atom stereocenters. The first-order valence-electron chi connectivity index (χ1n) is 10.2. The van der Waals surface area contributed by atoms with E-state index in [0.717, 1.165) is 42.8 Å². The van der Waals surface area contributed by atoms with Crippen LogP contribution in [0.25, 0.3) is 5.65 Å². The average molecular weight is 408 g/mol. The fraction of sp³-hybridized carbons (Fsp3) is 0.684. The maximum atomic E-state index is 13.1. The number of nitrogens with one attached hydrogen (secondary N) is 1. The standard InChI is InChI=1S/C19H29N5O3S/c1-4-28(26,27)23-8-5-6-14(11-23)17-10-18-20-16-7-9-22(13(2)3)12-15(16)19(25)24(18)21-17/h10,13-14,21H,4-9,11-12H2,1-3H3/t14-/m0/s1. The number of hydrogen-bond acceptors (Lipinski definition) is 5. The summed E-state index contributed by atoms with van der Waals surface area (Å²) in [5.41, 5.74) is 3.15. The SMILES string of the molecule is CCS(=O)(=O)N1CCC[C@H](c2cc3nc4c(c(=O)n3[nH]2)CN(C(C)C)CC4)C1. The first-order valence-corrected chi connectivity index (χ1v) is 11.8. The molecule has 0 bridgehead atoms. The number of fused-ring (bicyclic) bond motifs is 2. The van der Waals surface area contributed by atoms with Gasteiger partial charge in [-0.2, -0.15) is 0 Å². The van der Waals surface area contributed by atoms with Crippen LogP contribution in [0.1, 0.15) is 56.5 Å². The molecule has 0 amide bonds. The molecule has 2 aliphatic heterocycles. The summed E-state index contributed by atoms with van der Waals surface area (Å²) in [5.74, 6) is 0.173. The highest BCUT2D eigenvalue weighted by Gasteiger charge is 2.30. The molecule has 1 atom stereocenters. The predicted molar refractivity (Wildman–Crippen MR) is 108 cm³/mol. The van der Waals surface area contributed by atoms with Crippen LogP contribution in [-0.4, -0.2) is 63.6 Å². The van der Waals surface area contributed by atoms with Crippen LogP contribution in [0.4, 0.5) is 0 Å². The van der Waals surface area contributed by atoms with Crippen LogP contribution < -0.4 is 5.56 Å². The van der Waals surface area contributed by atoms with Crippen molar-refractivity contribution in [1.29, 1.82) is 0 Å². The monoisotopic (exact) mass is 407 g/mol. The molecule has 9 heteroatoms. The Hall–Kier alpha value is -1.71. The van der Waals surface area contributed by atoms with Crippen molar-refractivity contribution in [2.24, 2.45) is 0 Å². The molecule has 4 rings (SSSR count). The Labute approximate surface area is 165 Å². The van der Waals surface area contributed by atoms with Gasteiger partial charge in [-0.15, -0.1) is 0 Å². The van der Waals surface area contributed by atoms with E-state index in [-0.39, 0.29) is 17.2 Å². The van der Waals surface area contributed by atoms with E-state index in [4.69, 9.17) is 4.98 Å². The molecule has 28 heavy (non-hydrogen) atoms. The second-order valence-electron chi connectivity index (χ2n) is 8.16. The zero-order valence-corrected chi connectivity index (χ0v) is 17.6. The second kappa shape index (κ2) is 7.27. The molecule has 0 aliphatic carbocycles. The predicted octanol–water partition coefficient (Wildman–Crippen LogP) is 1.32. The number of H-pyrrole nitrogens is 1. The van der Waals surface area contributed by atoms with Gasteiger partial charge < -0.3 is 0 Å². The Balaban J connectivity index is 1.67. The third kappa shape index (κ3) is 3.40. The van der Waals surface area contributed by atoms with Crippen LogP contribution in [0.3, 0.4) is 0 Å². The normalized spacial score (nSPS) is 22.1. The molecule has 4 heterocycles. The largest absolute Gasteiger partial charge is 0.296 e. The summed E-state index contributed by atoms with van der Waals surface area (Å²) in [7, 11) is -3.20. The molecule has 1 N–H and O–H groups in total. The molecule has 0 radical (unpaired) electrons. The third-order valence-corrected chi connectivity index (χ3v) is 7.97. The van der Waals surface area contributed by atoms with Crippen molar-refractivity contribution < 1.29 is 8.42 Å². The van der Waals surface area contributed by atoms with Crippen molar-refractivity contribution in [3.63, 3.8) is 0 Å². The lowest BCUT2D eigenvalue weighted by molar-refractivity contribution is 0.200. The van der Waals surface area contributed by atoms with Crippen LogP contribution in [-0.2, 0) is 23.0 Å². The number of nitrogens with zero attached hydrogens (tertiary/aromatic N) is 4. The van der Waals surface area contributed by atoms with Crippen LogP contribution in [0, 0.1) is 0 Å². The minimum atomic E-state index is -3.20. The number of sulfonamides is 1. The highest BCUT2D eigenvalue weighted by molar-refractivity contribution is 7.89. The number of aromatic amines is 1. The summed E-state index contributed by atoms with van der Waals surface area (Å²) in [5, 5.41) is 3.22. The van der Waals surface area contributed by atoms with E-state index < -0.39 is 10.0 Å². The summed E-state index contributed by atoms with van der Waals surface area (Å²) in [6.45, 7) is 8.53. The van der Waals surface area contributed by atoms with Gasteiger partial charge in [-0.25, -0.2) is 22.2 Å². The third-order valence-electron chi connectivity index (χ3n) is 6.12. The molecule has 2 aromatic heterocycles. The molecule has 0 saturated carbocycles. The Bertz CT molecular complexity index is 1040. The van der Waals surface area contributed by atoms with E-state index in [1.807, 2.05) is 6.07 Å². The Kier molecular flexibility index (Phi) is 5.09. The Morgan fingerprint density at radius 2 is 2.11 bits per heavy atom. The Morgan fingerprint density at radius 3 is 2.82 bits per heavy atom. The number of aromatic nitrogens is 3. The molecule has 2 aliphatic rings. The fourth-order valence-corrected chi connectivity index (χ4v) is 5.48. The van der Waals surface area contributed by atoms with Crippen LogP contribution >= 0.6 is 0 Å². The minimum Gasteiger partial charge on any atom is -0.296 e. The lowest BCUT2D eigenvalue weighted by Crippen LogP contribution is -2.40. The molecule has 154 valence electrons. The quantitative estimate of drug-likeness (QED) is 0.825. The average Bonchev–Trinajstić information content (AvgIpc) is 3.12. The first kappa shape index (κ1) is 19.6. The molecular weight excluding hydrogens is 378 g/mol. The smallest absolute Gasteiger partial charge is 0.277 e. The van der Waals surface area contributed by atoms with E-state index >= 15 is 0 Å².